The molecule has 0 saturated carbocycles. The zero-order valence-corrected chi connectivity index (χ0v) is 15.1. The first-order chi connectivity index (χ1) is 11.5. The van der Waals surface area contributed by atoms with Crippen LogP contribution >= 0.6 is 23.2 Å². The summed E-state index contributed by atoms with van der Waals surface area (Å²) in [5.41, 5.74) is 2.36. The molecule has 1 heterocycles. The minimum absolute atomic E-state index is 0.240. The Morgan fingerprint density at radius 1 is 1.12 bits per heavy atom. The summed E-state index contributed by atoms with van der Waals surface area (Å²) in [7, 11) is 0. The van der Waals surface area contributed by atoms with E-state index in [0.29, 0.717) is 21.7 Å². The van der Waals surface area contributed by atoms with Gasteiger partial charge in [0.25, 0.3) is 5.91 Å². The van der Waals surface area contributed by atoms with Gasteiger partial charge in [-0.15, -0.1) is 0 Å². The van der Waals surface area contributed by atoms with Crippen molar-refractivity contribution in [1.82, 2.24) is 0 Å². The highest BCUT2D eigenvalue weighted by molar-refractivity contribution is 6.37. The maximum absolute atomic E-state index is 12.3. The van der Waals surface area contributed by atoms with Crippen molar-refractivity contribution in [2.75, 3.05) is 16.8 Å². The summed E-state index contributed by atoms with van der Waals surface area (Å²) in [6.45, 7) is 3.35. The molecule has 1 amide bonds. The molecule has 0 bridgehead atoms. The Kier molecular flexibility index (Phi) is 5.32. The predicted molar refractivity (Wildman–Crippen MR) is 102 cm³/mol. The van der Waals surface area contributed by atoms with Crippen molar-refractivity contribution < 1.29 is 4.79 Å². The smallest absolute Gasteiger partial charge is 0.257 e. The molecule has 1 N–H and O–H groups in total. The van der Waals surface area contributed by atoms with Gasteiger partial charge in [0.1, 0.15) is 0 Å². The molecule has 0 radical (unpaired) electrons. The average Bonchev–Trinajstić information content (AvgIpc) is 2.56. The summed E-state index contributed by atoms with van der Waals surface area (Å²) in [5.74, 6) is -0.240. The molecule has 1 saturated heterocycles. The lowest BCUT2D eigenvalue weighted by Gasteiger charge is -2.35. The number of hydrogen-bond acceptors (Lipinski definition) is 2. The van der Waals surface area contributed by atoms with E-state index < -0.39 is 0 Å². The Balaban J connectivity index is 1.70. The number of hydrogen-bond donors (Lipinski definition) is 1. The van der Waals surface area contributed by atoms with Gasteiger partial charge in [-0.1, -0.05) is 23.2 Å². The van der Waals surface area contributed by atoms with Crippen LogP contribution in [0, 0.1) is 0 Å². The minimum Gasteiger partial charge on any atom is -0.369 e. The quantitative estimate of drug-likeness (QED) is 0.767. The van der Waals surface area contributed by atoms with Gasteiger partial charge in [-0.2, -0.15) is 0 Å². The van der Waals surface area contributed by atoms with Crippen LogP contribution in [0.5, 0.6) is 0 Å². The van der Waals surface area contributed by atoms with Gasteiger partial charge in [0.2, 0.25) is 0 Å². The van der Waals surface area contributed by atoms with Gasteiger partial charge < -0.3 is 10.2 Å². The van der Waals surface area contributed by atoms with E-state index in [1.54, 1.807) is 18.2 Å². The summed E-state index contributed by atoms with van der Waals surface area (Å²) in [5, 5.41) is 3.73. The molecule has 3 rings (SSSR count). The van der Waals surface area contributed by atoms with Crippen molar-refractivity contribution in [3.63, 3.8) is 0 Å². The first-order valence-electron chi connectivity index (χ1n) is 8.18. The molecule has 1 unspecified atom stereocenters. The van der Waals surface area contributed by atoms with Crippen LogP contribution in [0.4, 0.5) is 11.4 Å². The van der Waals surface area contributed by atoms with Crippen LogP contribution < -0.4 is 10.2 Å². The molecule has 2 aromatic rings. The molecule has 5 heteroatoms. The molecule has 0 aromatic heterocycles. The number of piperidine rings is 1. The second-order valence-electron chi connectivity index (χ2n) is 6.16. The fourth-order valence-electron chi connectivity index (χ4n) is 3.09. The zero-order valence-electron chi connectivity index (χ0n) is 13.6. The number of nitrogens with zero attached hydrogens (tertiary/aromatic N) is 1. The van der Waals surface area contributed by atoms with E-state index in [9.17, 15) is 4.79 Å². The number of nitrogens with one attached hydrogen (secondary N) is 1. The average molecular weight is 363 g/mol. The van der Waals surface area contributed by atoms with Crippen molar-refractivity contribution >= 4 is 40.5 Å². The Hall–Kier alpha value is -1.71. The number of anilines is 2. The monoisotopic (exact) mass is 362 g/mol. The van der Waals surface area contributed by atoms with E-state index in [0.717, 1.165) is 12.2 Å². The fraction of sp³-hybridized carbons (Fsp3) is 0.316. The van der Waals surface area contributed by atoms with E-state index in [1.807, 2.05) is 12.1 Å². The zero-order chi connectivity index (χ0) is 17.1. The summed E-state index contributed by atoms with van der Waals surface area (Å²) < 4.78 is 0. The van der Waals surface area contributed by atoms with Gasteiger partial charge in [-0.25, -0.2) is 0 Å². The normalized spacial score (nSPS) is 17.6. The fourth-order valence-corrected chi connectivity index (χ4v) is 3.58. The number of carbonyl (C=O) groups is 1. The van der Waals surface area contributed by atoms with Gasteiger partial charge in [0.05, 0.1) is 10.6 Å². The van der Waals surface area contributed by atoms with E-state index in [4.69, 9.17) is 23.2 Å². The minimum atomic E-state index is -0.240. The standard InChI is InChI=1S/C19H20Cl2N2O/c1-13-4-2-3-11-23(13)16-8-6-15(7-9-16)22-19(24)17-10-5-14(20)12-18(17)21/h5-10,12-13H,2-4,11H2,1H3,(H,22,24). The number of rotatable bonds is 3. The van der Waals surface area contributed by atoms with Gasteiger partial charge >= 0.3 is 0 Å². The SMILES string of the molecule is CC1CCCCN1c1ccc(NC(=O)c2ccc(Cl)cc2Cl)cc1. The third kappa shape index (κ3) is 3.85. The highest BCUT2D eigenvalue weighted by atomic mass is 35.5. The lowest BCUT2D eigenvalue weighted by molar-refractivity contribution is 0.102. The van der Waals surface area contributed by atoms with E-state index >= 15 is 0 Å². The third-order valence-corrected chi connectivity index (χ3v) is 4.98. The molecule has 1 fully saturated rings. The molecule has 1 aliphatic heterocycles. The molecule has 24 heavy (non-hydrogen) atoms. The molecule has 2 aromatic carbocycles. The highest BCUT2D eigenvalue weighted by Gasteiger charge is 2.18. The Labute approximate surface area is 152 Å². The number of halogens is 2. The molecule has 126 valence electrons. The molecular weight excluding hydrogens is 343 g/mol. The van der Waals surface area contributed by atoms with Gasteiger partial charge in [-0.05, 0) is 68.7 Å². The summed E-state index contributed by atoms with van der Waals surface area (Å²) >= 11 is 11.9. The molecule has 1 atom stereocenters. The van der Waals surface area contributed by atoms with E-state index in [2.05, 4.69) is 29.3 Å². The van der Waals surface area contributed by atoms with E-state index in [-0.39, 0.29) is 5.91 Å². The topological polar surface area (TPSA) is 32.3 Å². The van der Waals surface area contributed by atoms with Crippen molar-refractivity contribution in [2.45, 2.75) is 32.2 Å². The molecule has 0 spiro atoms. The number of benzene rings is 2. The van der Waals surface area contributed by atoms with Crippen molar-refractivity contribution in [2.24, 2.45) is 0 Å². The lowest BCUT2D eigenvalue weighted by Crippen LogP contribution is -2.37. The van der Waals surface area contributed by atoms with Crippen LogP contribution in [0.3, 0.4) is 0 Å². The maximum atomic E-state index is 12.3. The molecule has 1 aliphatic rings. The largest absolute Gasteiger partial charge is 0.369 e. The van der Waals surface area contributed by atoms with Crippen LogP contribution in [0.15, 0.2) is 42.5 Å². The second kappa shape index (κ2) is 7.45. The summed E-state index contributed by atoms with van der Waals surface area (Å²) in [4.78, 5) is 14.8. The summed E-state index contributed by atoms with van der Waals surface area (Å²) in [6.07, 6.45) is 3.76. The number of amides is 1. The van der Waals surface area contributed by atoms with E-state index in [1.165, 1.54) is 24.9 Å². The summed E-state index contributed by atoms with van der Waals surface area (Å²) in [6, 6.07) is 13.4. The highest BCUT2D eigenvalue weighted by Crippen LogP contribution is 2.26. The van der Waals surface area contributed by atoms with Crippen LogP contribution in [0.1, 0.15) is 36.5 Å². The Morgan fingerprint density at radius 3 is 2.54 bits per heavy atom. The van der Waals surface area contributed by atoms with Gasteiger partial charge in [0, 0.05) is 29.0 Å². The predicted octanol–water partition coefficient (Wildman–Crippen LogP) is 5.62. The van der Waals surface area contributed by atoms with Crippen LogP contribution in [0.25, 0.3) is 0 Å². The maximum Gasteiger partial charge on any atom is 0.257 e. The first kappa shape index (κ1) is 17.1. The molecular formula is C19H20Cl2N2O. The van der Waals surface area contributed by atoms with Crippen LogP contribution in [-0.4, -0.2) is 18.5 Å². The second-order valence-corrected chi connectivity index (χ2v) is 7.01. The Morgan fingerprint density at radius 2 is 1.88 bits per heavy atom. The number of carbonyl (C=O) groups excluding carboxylic acids is 1. The Bertz CT molecular complexity index is 731. The van der Waals surface area contributed by atoms with Crippen molar-refractivity contribution in [3.8, 4) is 0 Å². The van der Waals surface area contributed by atoms with Crippen molar-refractivity contribution in [3.05, 3.63) is 58.1 Å². The lowest BCUT2D eigenvalue weighted by atomic mass is 10.0. The van der Waals surface area contributed by atoms with Crippen LogP contribution in [-0.2, 0) is 0 Å². The first-order valence-corrected chi connectivity index (χ1v) is 8.93. The molecule has 0 aliphatic carbocycles. The van der Waals surface area contributed by atoms with Crippen LogP contribution in [0.2, 0.25) is 10.0 Å². The third-order valence-electron chi connectivity index (χ3n) is 4.44. The van der Waals surface area contributed by atoms with Gasteiger partial charge in [-0.3, -0.25) is 4.79 Å². The molecule has 3 nitrogen and oxygen atoms in total. The van der Waals surface area contributed by atoms with Gasteiger partial charge in [0.15, 0.2) is 0 Å². The van der Waals surface area contributed by atoms with Crippen molar-refractivity contribution in [1.29, 1.82) is 0 Å².